The molecule has 0 radical (unpaired) electrons. The van der Waals surface area contributed by atoms with Gasteiger partial charge in [0.15, 0.2) is 0 Å². The molecule has 0 amide bonds. The van der Waals surface area contributed by atoms with Crippen LogP contribution < -0.4 is 9.47 Å². The number of hydrogen-bond acceptors (Lipinski definition) is 6. The van der Waals surface area contributed by atoms with E-state index < -0.39 is 0 Å². The van der Waals surface area contributed by atoms with Crippen molar-refractivity contribution in [2.45, 2.75) is 6.92 Å². The van der Waals surface area contributed by atoms with Crippen LogP contribution in [0.4, 0.5) is 0 Å². The van der Waals surface area contributed by atoms with E-state index in [9.17, 15) is 4.79 Å². The molecule has 1 heterocycles. The first-order valence-corrected chi connectivity index (χ1v) is 6.70. The van der Waals surface area contributed by atoms with Gasteiger partial charge in [0.1, 0.15) is 21.4 Å². The van der Waals surface area contributed by atoms with Gasteiger partial charge in [0.25, 0.3) is 0 Å². The number of carbonyl (C=O) groups is 1. The minimum Gasteiger partial charge on any atom is -0.497 e. The number of carbonyl (C=O) groups excluding carboxylic acids is 1. The Bertz CT molecular complexity index is 614. The molecule has 20 heavy (non-hydrogen) atoms. The standard InChI is InChI=1S/C14H15NO4S/c1-8-12(14(16)19-4)20-13(15-8)9-5-10(17-2)7-11(6-9)18-3/h5-7H,1-4H3. The Balaban J connectivity index is 2.48. The van der Waals surface area contributed by atoms with E-state index in [4.69, 9.17) is 14.2 Å². The predicted molar refractivity (Wildman–Crippen MR) is 76.7 cm³/mol. The third-order valence-corrected chi connectivity index (χ3v) is 3.95. The number of benzene rings is 1. The Labute approximate surface area is 121 Å². The molecule has 1 aromatic carbocycles. The lowest BCUT2D eigenvalue weighted by Gasteiger charge is -2.06. The molecule has 2 rings (SSSR count). The highest BCUT2D eigenvalue weighted by Crippen LogP contribution is 2.33. The number of esters is 1. The minimum atomic E-state index is -0.374. The average molecular weight is 293 g/mol. The van der Waals surface area contributed by atoms with Crippen molar-refractivity contribution in [2.75, 3.05) is 21.3 Å². The van der Waals surface area contributed by atoms with Gasteiger partial charge in [-0.25, -0.2) is 9.78 Å². The maximum atomic E-state index is 11.6. The summed E-state index contributed by atoms with van der Waals surface area (Å²) in [6.45, 7) is 1.78. The first-order chi connectivity index (χ1) is 9.58. The molecule has 0 saturated heterocycles. The highest BCUT2D eigenvalue weighted by atomic mass is 32.1. The molecule has 2 aromatic rings. The lowest BCUT2D eigenvalue weighted by molar-refractivity contribution is 0.0605. The molecule has 0 saturated carbocycles. The van der Waals surface area contributed by atoms with Gasteiger partial charge >= 0.3 is 5.97 Å². The van der Waals surface area contributed by atoms with Gasteiger partial charge in [-0.1, -0.05) is 0 Å². The van der Waals surface area contributed by atoms with E-state index in [2.05, 4.69) is 4.98 Å². The molecule has 0 aliphatic rings. The van der Waals surface area contributed by atoms with Crippen LogP contribution >= 0.6 is 11.3 Å². The quantitative estimate of drug-likeness (QED) is 0.811. The van der Waals surface area contributed by atoms with Gasteiger partial charge in [0.05, 0.1) is 27.0 Å². The van der Waals surface area contributed by atoms with E-state index in [-0.39, 0.29) is 5.97 Å². The molecule has 0 aliphatic carbocycles. The molecule has 0 bridgehead atoms. The molecule has 0 unspecified atom stereocenters. The van der Waals surface area contributed by atoms with Crippen molar-refractivity contribution in [3.63, 3.8) is 0 Å². The normalized spacial score (nSPS) is 10.2. The maximum Gasteiger partial charge on any atom is 0.349 e. The maximum absolute atomic E-state index is 11.6. The average Bonchev–Trinajstić information content (AvgIpc) is 2.87. The summed E-state index contributed by atoms with van der Waals surface area (Å²) in [6.07, 6.45) is 0. The van der Waals surface area contributed by atoms with Crippen LogP contribution in [0.5, 0.6) is 11.5 Å². The van der Waals surface area contributed by atoms with Gasteiger partial charge in [-0.05, 0) is 19.1 Å². The summed E-state index contributed by atoms with van der Waals surface area (Å²) in [7, 11) is 4.53. The number of rotatable bonds is 4. The molecule has 0 fully saturated rings. The van der Waals surface area contributed by atoms with Crippen molar-refractivity contribution >= 4 is 17.3 Å². The smallest absolute Gasteiger partial charge is 0.349 e. The van der Waals surface area contributed by atoms with Gasteiger partial charge in [-0.3, -0.25) is 0 Å². The molecule has 106 valence electrons. The van der Waals surface area contributed by atoms with Crippen LogP contribution in [0.3, 0.4) is 0 Å². The summed E-state index contributed by atoms with van der Waals surface area (Å²) >= 11 is 1.29. The number of aryl methyl sites for hydroxylation is 1. The third-order valence-electron chi connectivity index (χ3n) is 2.77. The highest BCUT2D eigenvalue weighted by molar-refractivity contribution is 7.17. The SMILES string of the molecule is COC(=O)c1sc(-c2cc(OC)cc(OC)c2)nc1C. The molecular weight excluding hydrogens is 278 g/mol. The lowest BCUT2D eigenvalue weighted by atomic mass is 10.2. The van der Waals surface area contributed by atoms with Crippen molar-refractivity contribution in [2.24, 2.45) is 0 Å². The van der Waals surface area contributed by atoms with E-state index in [1.807, 2.05) is 12.1 Å². The van der Waals surface area contributed by atoms with Crippen molar-refractivity contribution in [1.82, 2.24) is 4.98 Å². The summed E-state index contributed by atoms with van der Waals surface area (Å²) in [5.74, 6) is 0.972. The zero-order chi connectivity index (χ0) is 14.7. The molecule has 1 aromatic heterocycles. The number of methoxy groups -OCH3 is 3. The topological polar surface area (TPSA) is 57.7 Å². The van der Waals surface area contributed by atoms with Gasteiger partial charge in [0, 0.05) is 11.6 Å². The molecule has 0 spiro atoms. The number of aromatic nitrogens is 1. The molecule has 5 nitrogen and oxygen atoms in total. The van der Waals surface area contributed by atoms with Crippen LogP contribution in [-0.4, -0.2) is 32.3 Å². The second-order valence-electron chi connectivity index (χ2n) is 4.03. The fourth-order valence-electron chi connectivity index (χ4n) is 1.73. The Kier molecular flexibility index (Phi) is 4.24. The monoisotopic (exact) mass is 293 g/mol. The summed E-state index contributed by atoms with van der Waals surface area (Å²) in [4.78, 5) is 16.5. The van der Waals surface area contributed by atoms with Crippen LogP contribution in [0, 0.1) is 6.92 Å². The summed E-state index contributed by atoms with van der Waals surface area (Å²) in [6, 6.07) is 5.48. The third kappa shape index (κ3) is 2.75. The van der Waals surface area contributed by atoms with Crippen molar-refractivity contribution in [3.05, 3.63) is 28.8 Å². The zero-order valence-corrected chi connectivity index (χ0v) is 12.5. The summed E-state index contributed by atoms with van der Waals surface area (Å²) in [5.41, 5.74) is 1.49. The van der Waals surface area contributed by atoms with E-state index in [1.165, 1.54) is 18.4 Å². The Morgan fingerprint density at radius 1 is 1.10 bits per heavy atom. The van der Waals surface area contributed by atoms with E-state index in [1.54, 1.807) is 27.2 Å². The molecular formula is C14H15NO4S. The fraction of sp³-hybridized carbons (Fsp3) is 0.286. The van der Waals surface area contributed by atoms with Crippen LogP contribution in [0.25, 0.3) is 10.6 Å². The van der Waals surface area contributed by atoms with Crippen molar-refractivity contribution in [1.29, 1.82) is 0 Å². The van der Waals surface area contributed by atoms with Gasteiger partial charge in [-0.15, -0.1) is 11.3 Å². The number of hydrogen-bond donors (Lipinski definition) is 0. The predicted octanol–water partition coefficient (Wildman–Crippen LogP) is 2.92. The first kappa shape index (κ1) is 14.3. The number of ether oxygens (including phenoxy) is 3. The minimum absolute atomic E-state index is 0.374. The lowest BCUT2D eigenvalue weighted by Crippen LogP contribution is -1.99. The largest absolute Gasteiger partial charge is 0.497 e. The van der Waals surface area contributed by atoms with Crippen LogP contribution in [0.2, 0.25) is 0 Å². The van der Waals surface area contributed by atoms with Crippen molar-refractivity contribution < 1.29 is 19.0 Å². The van der Waals surface area contributed by atoms with E-state index >= 15 is 0 Å². The highest BCUT2D eigenvalue weighted by Gasteiger charge is 2.17. The Morgan fingerprint density at radius 2 is 1.70 bits per heavy atom. The van der Waals surface area contributed by atoms with Crippen molar-refractivity contribution in [3.8, 4) is 22.1 Å². The summed E-state index contributed by atoms with van der Waals surface area (Å²) in [5, 5.41) is 0.722. The second-order valence-corrected chi connectivity index (χ2v) is 5.03. The Hall–Kier alpha value is -2.08. The first-order valence-electron chi connectivity index (χ1n) is 5.88. The zero-order valence-electron chi connectivity index (χ0n) is 11.7. The van der Waals surface area contributed by atoms with E-state index in [0.29, 0.717) is 22.1 Å². The Morgan fingerprint density at radius 3 is 2.20 bits per heavy atom. The molecule has 0 atom stereocenters. The van der Waals surface area contributed by atoms with Crippen LogP contribution in [-0.2, 0) is 4.74 Å². The molecule has 0 N–H and O–H groups in total. The van der Waals surface area contributed by atoms with Gasteiger partial charge in [0.2, 0.25) is 0 Å². The fourth-order valence-corrected chi connectivity index (χ4v) is 2.70. The molecule has 6 heteroatoms. The van der Waals surface area contributed by atoms with Gasteiger partial charge in [-0.2, -0.15) is 0 Å². The van der Waals surface area contributed by atoms with Crippen LogP contribution in [0.1, 0.15) is 15.4 Å². The second kappa shape index (κ2) is 5.92. The summed E-state index contributed by atoms with van der Waals surface area (Å²) < 4.78 is 15.2. The van der Waals surface area contributed by atoms with Gasteiger partial charge < -0.3 is 14.2 Å². The van der Waals surface area contributed by atoms with Crippen LogP contribution in [0.15, 0.2) is 18.2 Å². The molecule has 0 aliphatic heterocycles. The number of nitrogens with zero attached hydrogens (tertiary/aromatic N) is 1. The van der Waals surface area contributed by atoms with E-state index in [0.717, 1.165) is 10.6 Å². The number of thiazole rings is 1.